The molecular weight excluding hydrogens is 570 g/mol. The van der Waals surface area contributed by atoms with Crippen LogP contribution in [0.25, 0.3) is 0 Å². The predicted octanol–water partition coefficient (Wildman–Crippen LogP) is 3.93. The molecule has 0 aliphatic carbocycles. The Hall–Kier alpha value is 1.33. The van der Waals surface area contributed by atoms with Crippen LogP contribution in [0.15, 0.2) is 0 Å². The van der Waals surface area contributed by atoms with Crippen LogP contribution in [-0.4, -0.2) is 81.7 Å². The topological polar surface area (TPSA) is 136 Å². The Morgan fingerprint density at radius 3 is 0.943 bits per heavy atom. The van der Waals surface area contributed by atoms with Crippen molar-refractivity contribution in [1.29, 1.82) is 0 Å². The lowest BCUT2D eigenvalue weighted by Crippen LogP contribution is -2.46. The van der Waals surface area contributed by atoms with Crippen molar-refractivity contribution in [3.63, 3.8) is 0 Å². The van der Waals surface area contributed by atoms with E-state index >= 15 is 0 Å². The Labute approximate surface area is 223 Å². The van der Waals surface area contributed by atoms with E-state index in [1.165, 1.54) is 0 Å². The fourth-order valence-electron chi connectivity index (χ4n) is 4.06. The number of hydrogen-bond acceptors (Lipinski definition) is 8. The van der Waals surface area contributed by atoms with Gasteiger partial charge in [0, 0.05) is 51.7 Å². The molecular formula is C19H46O10P2S2Si2. The highest BCUT2D eigenvalue weighted by Gasteiger charge is 2.54. The van der Waals surface area contributed by atoms with Crippen LogP contribution < -0.4 is 0 Å². The van der Waals surface area contributed by atoms with Crippen molar-refractivity contribution < 1.29 is 46.1 Å². The van der Waals surface area contributed by atoms with Crippen LogP contribution in [0.2, 0.25) is 12.1 Å². The Bertz CT molecular complexity index is 590. The van der Waals surface area contributed by atoms with E-state index in [1.807, 2.05) is 41.5 Å². The predicted molar refractivity (Wildman–Crippen MR) is 150 cm³/mol. The van der Waals surface area contributed by atoms with Gasteiger partial charge in [0.1, 0.15) is 4.90 Å². The van der Waals surface area contributed by atoms with Gasteiger partial charge in [0.15, 0.2) is 13.0 Å². The fraction of sp³-hybridized carbons (Fsp3) is 1.00. The van der Waals surface area contributed by atoms with Crippen LogP contribution in [0.3, 0.4) is 0 Å². The standard InChI is InChI=1S/C19H46O10P2S2Si2/c1-7-24-34(25-8-2,26-9-3)17-13-15-19(30(20,21)32,31(22,23)33)16-14-18-35(27-10-4,28-11-5)29-12-6/h7-18H2,1-6H3,(H2,20,21,32)(H2,22,23,33). The molecule has 4 N–H and O–H groups in total. The third-order valence-electron chi connectivity index (χ3n) is 5.39. The minimum Gasteiger partial charge on any atom is -0.374 e. The number of rotatable bonds is 22. The molecule has 0 heterocycles. The first-order valence-corrected chi connectivity index (χ1v) is 21.5. The second kappa shape index (κ2) is 17.1. The summed E-state index contributed by atoms with van der Waals surface area (Å²) in [5.74, 6) is 0. The zero-order valence-electron chi connectivity index (χ0n) is 21.9. The SMILES string of the molecule is CCO[Si](CCCC(CCC[Si](OCC)(OCC)OCC)(P(O)(O)=S)P(O)(O)=S)(OCC)OCC. The maximum absolute atomic E-state index is 10.7. The van der Waals surface area contributed by atoms with E-state index in [9.17, 15) is 19.6 Å². The normalized spacial score (nSPS) is 14.0. The van der Waals surface area contributed by atoms with Crippen molar-refractivity contribution in [3.05, 3.63) is 0 Å². The van der Waals surface area contributed by atoms with E-state index in [-0.39, 0.29) is 12.8 Å². The second-order valence-electron chi connectivity index (χ2n) is 7.74. The van der Waals surface area contributed by atoms with E-state index in [4.69, 9.17) is 50.2 Å². The van der Waals surface area contributed by atoms with Crippen molar-refractivity contribution in [2.24, 2.45) is 0 Å². The van der Waals surface area contributed by atoms with Gasteiger partial charge in [-0.25, -0.2) is 0 Å². The van der Waals surface area contributed by atoms with Gasteiger partial charge in [0.2, 0.25) is 0 Å². The third-order valence-corrected chi connectivity index (χ3v) is 19.3. The Morgan fingerprint density at radius 2 is 0.771 bits per heavy atom. The maximum Gasteiger partial charge on any atom is 0.500 e. The first kappa shape index (κ1) is 36.3. The summed E-state index contributed by atoms with van der Waals surface area (Å²) in [6, 6.07) is 0.703. The molecule has 0 spiro atoms. The van der Waals surface area contributed by atoms with E-state index in [0.717, 1.165) is 0 Å². The Balaban J connectivity index is 5.91. The molecule has 0 fully saturated rings. The molecule has 35 heavy (non-hydrogen) atoms. The van der Waals surface area contributed by atoms with Crippen molar-refractivity contribution >= 4 is 54.2 Å². The minimum absolute atomic E-state index is 0.0179. The fourth-order valence-corrected chi connectivity index (χ4v) is 16.0. The average Bonchev–Trinajstić information content (AvgIpc) is 2.72. The molecule has 0 amide bonds. The van der Waals surface area contributed by atoms with Gasteiger partial charge in [-0.05, 0) is 90.8 Å². The monoisotopic (exact) mass is 616 g/mol. The van der Waals surface area contributed by atoms with Crippen molar-refractivity contribution in [1.82, 2.24) is 0 Å². The molecule has 0 aromatic carbocycles. The lowest BCUT2D eigenvalue weighted by Gasteiger charge is -2.41. The molecule has 0 atom stereocenters. The van der Waals surface area contributed by atoms with Gasteiger partial charge < -0.3 is 46.1 Å². The van der Waals surface area contributed by atoms with E-state index < -0.39 is 35.5 Å². The number of hydrogen-bond donors (Lipinski definition) is 4. The summed E-state index contributed by atoms with van der Waals surface area (Å²) in [4.78, 5) is 41.0. The highest BCUT2D eigenvalue weighted by Crippen LogP contribution is 2.73. The lowest BCUT2D eigenvalue weighted by molar-refractivity contribution is 0.0703. The van der Waals surface area contributed by atoms with E-state index in [0.29, 0.717) is 64.6 Å². The molecule has 0 saturated heterocycles. The molecule has 0 radical (unpaired) electrons. The van der Waals surface area contributed by atoms with Gasteiger partial charge in [-0.1, -0.05) is 0 Å². The summed E-state index contributed by atoms with van der Waals surface area (Å²) in [6.07, 6.45) is 0.568. The molecule has 0 aromatic heterocycles. The largest absolute Gasteiger partial charge is 0.500 e. The minimum atomic E-state index is -4.22. The molecule has 0 unspecified atom stereocenters. The van der Waals surface area contributed by atoms with Crippen LogP contribution in [0, 0.1) is 0 Å². The molecule has 0 aromatic rings. The van der Waals surface area contributed by atoms with Crippen molar-refractivity contribution in [2.45, 2.75) is 84.2 Å². The van der Waals surface area contributed by atoms with Crippen molar-refractivity contribution in [2.75, 3.05) is 39.6 Å². The van der Waals surface area contributed by atoms with Crippen LogP contribution in [0.1, 0.15) is 67.2 Å². The van der Waals surface area contributed by atoms with Gasteiger partial charge in [-0.2, -0.15) is 0 Å². The zero-order valence-corrected chi connectivity index (χ0v) is 27.4. The molecule has 0 aliphatic heterocycles. The Kier molecular flexibility index (Phi) is 17.8. The maximum atomic E-state index is 10.7. The van der Waals surface area contributed by atoms with Crippen LogP contribution in [-0.2, 0) is 50.2 Å². The van der Waals surface area contributed by atoms with Crippen LogP contribution >= 0.6 is 13.0 Å². The smallest absolute Gasteiger partial charge is 0.374 e. The Morgan fingerprint density at radius 1 is 0.543 bits per heavy atom. The molecule has 0 saturated carbocycles. The summed E-state index contributed by atoms with van der Waals surface area (Å²) < 4.78 is 35.2. The van der Waals surface area contributed by atoms with Gasteiger partial charge in [0.05, 0.1) is 0 Å². The van der Waals surface area contributed by atoms with Gasteiger partial charge in [0.25, 0.3) is 0 Å². The molecule has 0 aliphatic rings. The highest BCUT2D eigenvalue weighted by molar-refractivity contribution is 8.19. The van der Waals surface area contributed by atoms with Gasteiger partial charge in [-0.3, -0.25) is 0 Å². The average molecular weight is 617 g/mol. The lowest BCUT2D eigenvalue weighted by atomic mass is 10.1. The second-order valence-corrected chi connectivity index (χ2v) is 20.5. The first-order valence-electron chi connectivity index (χ1n) is 12.2. The van der Waals surface area contributed by atoms with Crippen LogP contribution in [0.4, 0.5) is 0 Å². The van der Waals surface area contributed by atoms with Gasteiger partial charge in [-0.15, -0.1) is 0 Å². The van der Waals surface area contributed by atoms with E-state index in [2.05, 4.69) is 0 Å². The van der Waals surface area contributed by atoms with Gasteiger partial charge >= 0.3 is 17.6 Å². The molecule has 16 heteroatoms. The van der Waals surface area contributed by atoms with Crippen LogP contribution in [0.5, 0.6) is 0 Å². The quantitative estimate of drug-likeness (QED) is 0.104. The summed E-state index contributed by atoms with van der Waals surface area (Å²) in [7, 11) is -6.06. The summed E-state index contributed by atoms with van der Waals surface area (Å²) in [5.41, 5.74) is 0. The third kappa shape index (κ3) is 11.2. The molecule has 212 valence electrons. The zero-order chi connectivity index (χ0) is 27.2. The van der Waals surface area contributed by atoms with Crippen molar-refractivity contribution in [3.8, 4) is 0 Å². The highest BCUT2D eigenvalue weighted by atomic mass is 32.5. The molecule has 0 bridgehead atoms. The summed E-state index contributed by atoms with van der Waals surface area (Å²) in [6.45, 7) is 5.00. The van der Waals surface area contributed by atoms with E-state index in [1.54, 1.807) is 0 Å². The summed E-state index contributed by atoms with van der Waals surface area (Å²) in [5, 5.41) is 0. The first-order chi connectivity index (χ1) is 16.3. The molecule has 10 nitrogen and oxygen atoms in total. The summed E-state index contributed by atoms with van der Waals surface area (Å²) >= 11 is 10.2. The molecule has 0 rings (SSSR count).